The van der Waals surface area contributed by atoms with Crippen molar-refractivity contribution in [3.63, 3.8) is 0 Å². The van der Waals surface area contributed by atoms with Gasteiger partial charge in [0.15, 0.2) is 0 Å². The second kappa shape index (κ2) is 7.65. The van der Waals surface area contributed by atoms with Crippen molar-refractivity contribution in [2.45, 2.75) is 45.7 Å². The molecule has 1 heterocycles. The van der Waals surface area contributed by atoms with Crippen molar-refractivity contribution >= 4 is 0 Å². The summed E-state index contributed by atoms with van der Waals surface area (Å²) in [5, 5.41) is 0. The molecule has 2 rings (SSSR count). The van der Waals surface area contributed by atoms with E-state index in [2.05, 4.69) is 30.0 Å². The van der Waals surface area contributed by atoms with E-state index in [0.29, 0.717) is 6.54 Å². The van der Waals surface area contributed by atoms with E-state index in [4.69, 9.17) is 10.5 Å². The quantitative estimate of drug-likeness (QED) is 0.867. The van der Waals surface area contributed by atoms with Crippen molar-refractivity contribution in [1.29, 1.82) is 0 Å². The maximum atomic E-state index is 5.71. The highest BCUT2D eigenvalue weighted by atomic mass is 16.5. The minimum atomic E-state index is 0.534. The molecule has 112 valence electrons. The van der Waals surface area contributed by atoms with Crippen LogP contribution in [0.4, 0.5) is 0 Å². The standard InChI is InChI=1S/C17H28N2O/c1-3-4-14-7-9-19(10-8-14)13-15-5-6-16(12-18)17(11-15)20-2/h5-6,11,14H,3-4,7-10,12-13,18H2,1-2H3. The number of nitrogens with zero attached hydrogens (tertiary/aromatic N) is 1. The molecule has 3 nitrogen and oxygen atoms in total. The maximum Gasteiger partial charge on any atom is 0.123 e. The van der Waals surface area contributed by atoms with E-state index in [1.54, 1.807) is 7.11 Å². The molecule has 1 aliphatic rings. The fourth-order valence-corrected chi connectivity index (χ4v) is 3.16. The Morgan fingerprint density at radius 2 is 2.05 bits per heavy atom. The number of likely N-dealkylation sites (tertiary alicyclic amines) is 1. The molecule has 0 saturated carbocycles. The van der Waals surface area contributed by atoms with Crippen LogP contribution in [-0.4, -0.2) is 25.1 Å². The van der Waals surface area contributed by atoms with Gasteiger partial charge in [0, 0.05) is 18.7 Å². The van der Waals surface area contributed by atoms with Crippen LogP contribution in [0, 0.1) is 5.92 Å². The lowest BCUT2D eigenvalue weighted by atomic mass is 9.92. The van der Waals surface area contributed by atoms with Gasteiger partial charge in [-0.3, -0.25) is 4.90 Å². The molecule has 0 aliphatic carbocycles. The molecule has 2 N–H and O–H groups in total. The van der Waals surface area contributed by atoms with Gasteiger partial charge in [-0.25, -0.2) is 0 Å². The Hall–Kier alpha value is -1.06. The molecular formula is C17H28N2O. The Morgan fingerprint density at radius 3 is 2.65 bits per heavy atom. The maximum absolute atomic E-state index is 5.71. The lowest BCUT2D eigenvalue weighted by molar-refractivity contribution is 0.171. The summed E-state index contributed by atoms with van der Waals surface area (Å²) in [6.07, 6.45) is 5.42. The van der Waals surface area contributed by atoms with E-state index in [-0.39, 0.29) is 0 Å². The number of methoxy groups -OCH3 is 1. The zero-order valence-corrected chi connectivity index (χ0v) is 12.9. The predicted molar refractivity (Wildman–Crippen MR) is 83.8 cm³/mol. The fourth-order valence-electron chi connectivity index (χ4n) is 3.16. The molecule has 0 unspecified atom stereocenters. The topological polar surface area (TPSA) is 38.5 Å². The highest BCUT2D eigenvalue weighted by molar-refractivity contribution is 5.37. The van der Waals surface area contributed by atoms with Crippen LogP contribution in [0.25, 0.3) is 0 Å². The lowest BCUT2D eigenvalue weighted by Crippen LogP contribution is -2.33. The second-order valence-electron chi connectivity index (χ2n) is 5.86. The number of hydrogen-bond acceptors (Lipinski definition) is 3. The van der Waals surface area contributed by atoms with Crippen molar-refractivity contribution < 1.29 is 4.74 Å². The summed E-state index contributed by atoms with van der Waals surface area (Å²) in [6.45, 7) is 6.31. The van der Waals surface area contributed by atoms with Gasteiger partial charge >= 0.3 is 0 Å². The molecule has 0 aromatic heterocycles. The summed E-state index contributed by atoms with van der Waals surface area (Å²) in [5.74, 6) is 1.87. The summed E-state index contributed by atoms with van der Waals surface area (Å²) in [5.41, 5.74) is 8.12. The van der Waals surface area contributed by atoms with Gasteiger partial charge in [-0.2, -0.15) is 0 Å². The van der Waals surface area contributed by atoms with Gasteiger partial charge in [-0.05, 0) is 43.5 Å². The third kappa shape index (κ3) is 3.97. The Kier molecular flexibility index (Phi) is 5.86. The summed E-state index contributed by atoms with van der Waals surface area (Å²) >= 11 is 0. The monoisotopic (exact) mass is 276 g/mol. The van der Waals surface area contributed by atoms with Gasteiger partial charge in [-0.1, -0.05) is 31.9 Å². The van der Waals surface area contributed by atoms with E-state index < -0.39 is 0 Å². The van der Waals surface area contributed by atoms with Gasteiger partial charge in [-0.15, -0.1) is 0 Å². The Bertz CT molecular complexity index is 411. The van der Waals surface area contributed by atoms with Crippen LogP contribution in [0.5, 0.6) is 5.75 Å². The van der Waals surface area contributed by atoms with Crippen LogP contribution in [0.3, 0.4) is 0 Å². The van der Waals surface area contributed by atoms with Crippen LogP contribution in [0.2, 0.25) is 0 Å². The van der Waals surface area contributed by atoms with E-state index in [0.717, 1.165) is 23.8 Å². The third-order valence-electron chi connectivity index (χ3n) is 4.38. The highest BCUT2D eigenvalue weighted by Gasteiger charge is 2.18. The van der Waals surface area contributed by atoms with Gasteiger partial charge < -0.3 is 10.5 Å². The predicted octanol–water partition coefficient (Wildman–Crippen LogP) is 3.17. The molecule has 1 fully saturated rings. The molecule has 1 aromatic rings. The molecule has 0 atom stereocenters. The largest absolute Gasteiger partial charge is 0.496 e. The SMILES string of the molecule is CCCC1CCN(Cc2ccc(CN)c(OC)c2)CC1. The van der Waals surface area contributed by atoms with Crippen molar-refractivity contribution in [3.05, 3.63) is 29.3 Å². The Morgan fingerprint density at radius 1 is 1.30 bits per heavy atom. The van der Waals surface area contributed by atoms with Gasteiger partial charge in [0.25, 0.3) is 0 Å². The molecule has 0 spiro atoms. The first-order valence-electron chi connectivity index (χ1n) is 7.85. The second-order valence-corrected chi connectivity index (χ2v) is 5.86. The van der Waals surface area contributed by atoms with Gasteiger partial charge in [0.1, 0.15) is 5.75 Å². The number of rotatable bonds is 6. The molecule has 20 heavy (non-hydrogen) atoms. The van der Waals surface area contributed by atoms with Crippen LogP contribution in [0.1, 0.15) is 43.7 Å². The normalized spacial score (nSPS) is 17.4. The third-order valence-corrected chi connectivity index (χ3v) is 4.38. The smallest absolute Gasteiger partial charge is 0.123 e. The zero-order valence-electron chi connectivity index (χ0n) is 12.9. The minimum absolute atomic E-state index is 0.534. The van der Waals surface area contributed by atoms with Crippen molar-refractivity contribution in [2.24, 2.45) is 11.7 Å². The number of ether oxygens (including phenoxy) is 1. The van der Waals surface area contributed by atoms with Crippen molar-refractivity contribution in [3.8, 4) is 5.75 Å². The van der Waals surface area contributed by atoms with E-state index in [9.17, 15) is 0 Å². The summed E-state index contributed by atoms with van der Waals surface area (Å²) in [6, 6.07) is 6.42. The molecule has 0 amide bonds. The summed E-state index contributed by atoms with van der Waals surface area (Å²) in [7, 11) is 1.72. The average Bonchev–Trinajstić information content (AvgIpc) is 2.49. The Balaban J connectivity index is 1.91. The van der Waals surface area contributed by atoms with Crippen LogP contribution >= 0.6 is 0 Å². The minimum Gasteiger partial charge on any atom is -0.496 e. The number of piperidine rings is 1. The Labute approximate surface area is 123 Å². The lowest BCUT2D eigenvalue weighted by Gasteiger charge is -2.32. The number of hydrogen-bond donors (Lipinski definition) is 1. The summed E-state index contributed by atoms with van der Waals surface area (Å²) in [4.78, 5) is 2.56. The van der Waals surface area contributed by atoms with Crippen molar-refractivity contribution in [1.82, 2.24) is 4.90 Å². The molecule has 1 saturated heterocycles. The van der Waals surface area contributed by atoms with Crippen LogP contribution in [-0.2, 0) is 13.1 Å². The van der Waals surface area contributed by atoms with E-state index in [1.807, 2.05) is 0 Å². The molecule has 0 bridgehead atoms. The number of benzene rings is 1. The first-order chi connectivity index (χ1) is 9.76. The molecule has 1 aromatic carbocycles. The summed E-state index contributed by atoms with van der Waals surface area (Å²) < 4.78 is 5.42. The first-order valence-corrected chi connectivity index (χ1v) is 7.85. The highest BCUT2D eigenvalue weighted by Crippen LogP contribution is 2.25. The molecule has 3 heteroatoms. The van der Waals surface area contributed by atoms with Crippen molar-refractivity contribution in [2.75, 3.05) is 20.2 Å². The van der Waals surface area contributed by atoms with E-state index >= 15 is 0 Å². The molecule has 1 aliphatic heterocycles. The average molecular weight is 276 g/mol. The molecular weight excluding hydrogens is 248 g/mol. The van der Waals surface area contributed by atoms with Gasteiger partial charge in [0.05, 0.1) is 7.11 Å². The van der Waals surface area contributed by atoms with E-state index in [1.165, 1.54) is 44.3 Å². The molecule has 0 radical (unpaired) electrons. The fraction of sp³-hybridized carbons (Fsp3) is 0.647. The number of nitrogens with two attached hydrogens (primary N) is 1. The van der Waals surface area contributed by atoms with Crippen LogP contribution in [0.15, 0.2) is 18.2 Å². The zero-order chi connectivity index (χ0) is 14.4. The van der Waals surface area contributed by atoms with Crippen LogP contribution < -0.4 is 10.5 Å². The van der Waals surface area contributed by atoms with Gasteiger partial charge in [0.2, 0.25) is 0 Å². The first kappa shape index (κ1) is 15.3.